The molecule has 2 heterocycles. The summed E-state index contributed by atoms with van der Waals surface area (Å²) in [6.07, 6.45) is 0. The topological polar surface area (TPSA) is 80.3 Å². The van der Waals surface area contributed by atoms with E-state index >= 15 is 0 Å². The van der Waals surface area contributed by atoms with Gasteiger partial charge >= 0.3 is 0 Å². The number of fused-ring (bicyclic) bond motifs is 1. The molecule has 5 aromatic rings. The van der Waals surface area contributed by atoms with E-state index in [2.05, 4.69) is 15.6 Å². The van der Waals surface area contributed by atoms with Gasteiger partial charge in [0.05, 0.1) is 10.0 Å². The second-order valence-electron chi connectivity index (χ2n) is 7.38. The smallest absolute Gasteiger partial charge is 0.293 e. The van der Waals surface area contributed by atoms with Crippen LogP contribution in [0.4, 0.5) is 10.1 Å². The quantitative estimate of drug-likeness (QED) is 0.239. The summed E-state index contributed by atoms with van der Waals surface area (Å²) in [6, 6.07) is 19.3. The van der Waals surface area contributed by atoms with Gasteiger partial charge in [0, 0.05) is 16.8 Å². The van der Waals surface area contributed by atoms with Crippen LogP contribution >= 0.6 is 35.4 Å². The van der Waals surface area contributed by atoms with Crippen molar-refractivity contribution >= 4 is 63.2 Å². The molecule has 6 nitrogen and oxygen atoms in total. The molecule has 0 saturated carbocycles. The van der Waals surface area contributed by atoms with E-state index in [0.717, 1.165) is 0 Å². The first-order valence-corrected chi connectivity index (χ1v) is 11.4. The molecule has 3 aromatic carbocycles. The van der Waals surface area contributed by atoms with E-state index in [-0.39, 0.29) is 16.7 Å². The molecule has 10 heteroatoms. The molecular weight excluding hydrogens is 512 g/mol. The lowest BCUT2D eigenvalue weighted by atomic mass is 10.2. The molecule has 0 spiro atoms. The highest BCUT2D eigenvalue weighted by Crippen LogP contribution is 2.34. The number of halogens is 3. The van der Waals surface area contributed by atoms with Crippen LogP contribution in [-0.4, -0.2) is 16.0 Å². The highest BCUT2D eigenvalue weighted by molar-refractivity contribution is 7.80. The Hall–Kier alpha value is -3.72. The maximum Gasteiger partial charge on any atom is 0.293 e. The Balaban J connectivity index is 1.27. The van der Waals surface area contributed by atoms with Gasteiger partial charge in [0.2, 0.25) is 5.89 Å². The highest BCUT2D eigenvalue weighted by Gasteiger charge is 2.16. The second-order valence-corrected chi connectivity index (χ2v) is 8.58. The molecule has 5 rings (SSSR count). The van der Waals surface area contributed by atoms with E-state index in [4.69, 9.17) is 44.3 Å². The van der Waals surface area contributed by atoms with E-state index in [9.17, 15) is 9.18 Å². The van der Waals surface area contributed by atoms with Crippen LogP contribution < -0.4 is 10.6 Å². The van der Waals surface area contributed by atoms with Crippen molar-refractivity contribution < 1.29 is 18.0 Å². The SMILES string of the molecule is O=C(NC(=S)Nc1ccc2oc(-c3ccc(F)cc3)nc2c1)c1ccc(-c2cccc(Cl)c2Cl)o1. The number of thiocarbonyl (C=S) groups is 1. The summed E-state index contributed by atoms with van der Waals surface area (Å²) in [5, 5.41) is 6.28. The van der Waals surface area contributed by atoms with Crippen molar-refractivity contribution in [3.63, 3.8) is 0 Å². The number of hydrogen-bond acceptors (Lipinski definition) is 5. The van der Waals surface area contributed by atoms with Crippen molar-refractivity contribution in [2.24, 2.45) is 0 Å². The third kappa shape index (κ3) is 4.90. The van der Waals surface area contributed by atoms with Crippen LogP contribution in [0, 0.1) is 5.82 Å². The lowest BCUT2D eigenvalue weighted by Crippen LogP contribution is -2.33. The minimum absolute atomic E-state index is 0.0519. The number of amides is 1. The molecule has 0 saturated heterocycles. The molecule has 174 valence electrons. The predicted octanol–water partition coefficient (Wildman–Crippen LogP) is 7.33. The van der Waals surface area contributed by atoms with Crippen molar-refractivity contribution in [2.75, 3.05) is 5.32 Å². The summed E-state index contributed by atoms with van der Waals surface area (Å²) >= 11 is 17.5. The van der Waals surface area contributed by atoms with Crippen LogP contribution in [0.1, 0.15) is 10.6 Å². The van der Waals surface area contributed by atoms with Crippen LogP contribution in [0.25, 0.3) is 33.9 Å². The van der Waals surface area contributed by atoms with E-state index in [1.54, 1.807) is 54.6 Å². The summed E-state index contributed by atoms with van der Waals surface area (Å²) in [5.41, 5.74) is 2.93. The van der Waals surface area contributed by atoms with Crippen molar-refractivity contribution in [2.45, 2.75) is 0 Å². The van der Waals surface area contributed by atoms with Crippen molar-refractivity contribution in [1.82, 2.24) is 10.3 Å². The largest absolute Gasteiger partial charge is 0.451 e. The number of aromatic nitrogens is 1. The Morgan fingerprint density at radius 2 is 1.77 bits per heavy atom. The number of benzene rings is 3. The average molecular weight is 526 g/mol. The van der Waals surface area contributed by atoms with Gasteiger partial charge in [-0.15, -0.1) is 0 Å². The first kappa shape index (κ1) is 23.0. The molecule has 0 atom stereocenters. The van der Waals surface area contributed by atoms with Gasteiger partial charge in [-0.1, -0.05) is 29.3 Å². The first-order valence-electron chi connectivity index (χ1n) is 10.2. The minimum Gasteiger partial charge on any atom is -0.451 e. The maximum atomic E-state index is 13.2. The summed E-state index contributed by atoms with van der Waals surface area (Å²) in [7, 11) is 0. The molecule has 0 fully saturated rings. The van der Waals surface area contributed by atoms with Crippen LogP contribution in [0.2, 0.25) is 10.0 Å². The molecule has 0 radical (unpaired) electrons. The van der Waals surface area contributed by atoms with Crippen LogP contribution in [0.3, 0.4) is 0 Å². The number of carbonyl (C=O) groups excluding carboxylic acids is 1. The Morgan fingerprint density at radius 3 is 2.57 bits per heavy atom. The predicted molar refractivity (Wildman–Crippen MR) is 137 cm³/mol. The molecule has 0 unspecified atom stereocenters. The Labute approximate surface area is 213 Å². The summed E-state index contributed by atoms with van der Waals surface area (Å²) in [4.78, 5) is 17.0. The van der Waals surface area contributed by atoms with Gasteiger partial charge in [-0.25, -0.2) is 9.37 Å². The lowest BCUT2D eigenvalue weighted by molar-refractivity contribution is 0.0951. The standard InChI is InChI=1S/C25H14Cl2FN3O3S/c26-17-3-1-2-16(22(17)27)19-10-11-21(33-19)23(32)31-25(35)29-15-8-9-20-18(12-15)30-24(34-20)13-4-6-14(28)7-5-13/h1-12H,(H2,29,31,32,35). The number of rotatable bonds is 4. The van der Waals surface area contributed by atoms with Gasteiger partial charge in [-0.05, 0) is 78.9 Å². The number of hydrogen-bond donors (Lipinski definition) is 2. The van der Waals surface area contributed by atoms with E-state index in [1.165, 1.54) is 18.2 Å². The zero-order chi connectivity index (χ0) is 24.5. The van der Waals surface area contributed by atoms with Gasteiger partial charge in [0.15, 0.2) is 16.5 Å². The van der Waals surface area contributed by atoms with Gasteiger partial charge < -0.3 is 14.2 Å². The summed E-state index contributed by atoms with van der Waals surface area (Å²) < 4.78 is 24.5. The molecule has 2 aromatic heterocycles. The van der Waals surface area contributed by atoms with E-state index in [0.29, 0.717) is 49.6 Å². The maximum absolute atomic E-state index is 13.2. The minimum atomic E-state index is -0.534. The number of carbonyl (C=O) groups is 1. The zero-order valence-electron chi connectivity index (χ0n) is 17.6. The summed E-state index contributed by atoms with van der Waals surface area (Å²) in [6.45, 7) is 0. The Kier molecular flexibility index (Phi) is 6.25. The van der Waals surface area contributed by atoms with Gasteiger partial charge in [0.1, 0.15) is 17.1 Å². The fraction of sp³-hybridized carbons (Fsp3) is 0. The third-order valence-corrected chi connectivity index (χ3v) is 6.03. The van der Waals surface area contributed by atoms with Gasteiger partial charge in [-0.2, -0.15) is 0 Å². The number of furan rings is 1. The molecule has 1 amide bonds. The summed E-state index contributed by atoms with van der Waals surface area (Å²) in [5.74, 6) is -0.0635. The number of nitrogens with zero attached hydrogens (tertiary/aromatic N) is 1. The number of anilines is 1. The molecule has 0 aliphatic heterocycles. The van der Waals surface area contributed by atoms with Crippen LogP contribution in [0.15, 0.2) is 81.6 Å². The van der Waals surface area contributed by atoms with Crippen molar-refractivity contribution in [3.05, 3.63) is 94.4 Å². The zero-order valence-corrected chi connectivity index (χ0v) is 20.0. The van der Waals surface area contributed by atoms with Gasteiger partial charge in [0.25, 0.3) is 5.91 Å². The lowest BCUT2D eigenvalue weighted by Gasteiger charge is -2.08. The molecule has 35 heavy (non-hydrogen) atoms. The van der Waals surface area contributed by atoms with Crippen LogP contribution in [-0.2, 0) is 0 Å². The van der Waals surface area contributed by atoms with Crippen molar-refractivity contribution in [1.29, 1.82) is 0 Å². The van der Waals surface area contributed by atoms with Gasteiger partial charge in [-0.3, -0.25) is 10.1 Å². The first-order chi connectivity index (χ1) is 16.9. The molecule has 0 bridgehead atoms. The Morgan fingerprint density at radius 1 is 0.971 bits per heavy atom. The van der Waals surface area contributed by atoms with Crippen LogP contribution in [0.5, 0.6) is 0 Å². The van der Waals surface area contributed by atoms with E-state index < -0.39 is 5.91 Å². The normalized spacial score (nSPS) is 10.9. The molecular formula is C25H14Cl2FN3O3S. The molecule has 2 N–H and O–H groups in total. The van der Waals surface area contributed by atoms with E-state index in [1.807, 2.05) is 0 Å². The second kappa shape index (κ2) is 9.50. The number of oxazole rings is 1. The molecule has 0 aliphatic carbocycles. The third-order valence-electron chi connectivity index (χ3n) is 5.01. The average Bonchev–Trinajstić information content (AvgIpc) is 3.48. The fourth-order valence-corrected chi connectivity index (χ4v) is 3.95. The highest BCUT2D eigenvalue weighted by atomic mass is 35.5. The molecule has 0 aliphatic rings. The monoisotopic (exact) mass is 525 g/mol. The number of nitrogens with one attached hydrogen (secondary N) is 2. The van der Waals surface area contributed by atoms with Crippen molar-refractivity contribution in [3.8, 4) is 22.8 Å². The Bertz CT molecular complexity index is 1580. The fourth-order valence-electron chi connectivity index (χ4n) is 3.35.